The number of aliphatic hydroxyl groups is 1. The van der Waals surface area contributed by atoms with E-state index in [2.05, 4.69) is 20.8 Å². The molecule has 1 fully saturated rings. The normalized spacial score (nSPS) is 27.8. The quantitative estimate of drug-likeness (QED) is 0.611. The van der Waals surface area contributed by atoms with Crippen molar-refractivity contribution in [3.8, 4) is 0 Å². The molecule has 0 aromatic carbocycles. The molecule has 3 atom stereocenters. The minimum absolute atomic E-state index is 0.0289. The third kappa shape index (κ3) is 8.68. The van der Waals surface area contributed by atoms with Crippen molar-refractivity contribution in [2.45, 2.75) is 46.1 Å². The van der Waals surface area contributed by atoms with Gasteiger partial charge in [-0.1, -0.05) is 27.2 Å². The summed E-state index contributed by atoms with van der Waals surface area (Å²) in [7, 11) is 0. The Morgan fingerprint density at radius 1 is 1.17 bits per heavy atom. The molecule has 1 N–H and O–H groups in total. The van der Waals surface area contributed by atoms with Gasteiger partial charge in [0.05, 0.1) is 18.0 Å². The minimum atomic E-state index is -0.0289. The summed E-state index contributed by atoms with van der Waals surface area (Å²) >= 11 is 3.41. The molecule has 18 heavy (non-hydrogen) atoms. The van der Waals surface area contributed by atoms with Gasteiger partial charge in [-0.15, -0.1) is 23.5 Å². The predicted molar refractivity (Wildman–Crippen MR) is 85.2 cm³/mol. The fourth-order valence-electron chi connectivity index (χ4n) is 2.35. The van der Waals surface area contributed by atoms with Crippen LogP contribution in [0.1, 0.15) is 40.0 Å². The van der Waals surface area contributed by atoms with Crippen LogP contribution in [0.3, 0.4) is 0 Å². The number of hydrogen-bond donors (Lipinski definition) is 1. The maximum atomic E-state index is 9.71. The Morgan fingerprint density at radius 3 is 2.11 bits per heavy atom. The van der Waals surface area contributed by atoms with Gasteiger partial charge >= 0.3 is 0 Å². The van der Waals surface area contributed by atoms with Crippen LogP contribution in [0, 0.1) is 17.8 Å². The van der Waals surface area contributed by atoms with Gasteiger partial charge in [0.1, 0.15) is 0 Å². The molecular formula is C14H30O2S2. The molecule has 0 spiro atoms. The van der Waals surface area contributed by atoms with E-state index in [9.17, 15) is 5.11 Å². The van der Waals surface area contributed by atoms with Crippen LogP contribution in [0.15, 0.2) is 0 Å². The molecule has 2 nitrogen and oxygen atoms in total. The topological polar surface area (TPSA) is 29.5 Å². The highest BCUT2D eigenvalue weighted by Gasteiger charge is 2.28. The van der Waals surface area contributed by atoms with E-state index < -0.39 is 0 Å². The summed E-state index contributed by atoms with van der Waals surface area (Å²) in [4.78, 5) is 0. The lowest BCUT2D eigenvalue weighted by molar-refractivity contribution is 0.0266. The Kier molecular flexibility index (Phi) is 11.8. The summed E-state index contributed by atoms with van der Waals surface area (Å²) in [6.45, 7) is 6.66. The van der Waals surface area contributed by atoms with Gasteiger partial charge in [0.2, 0.25) is 0 Å². The van der Waals surface area contributed by atoms with Crippen LogP contribution in [0.2, 0.25) is 0 Å². The number of ether oxygens (including phenoxy) is 1. The largest absolute Gasteiger partial charge is 0.393 e. The Morgan fingerprint density at radius 2 is 1.72 bits per heavy atom. The molecule has 1 rings (SSSR count). The molecule has 1 saturated carbocycles. The van der Waals surface area contributed by atoms with Crippen LogP contribution in [0.5, 0.6) is 0 Å². The number of rotatable bonds is 5. The smallest absolute Gasteiger partial charge is 0.0929 e. The molecule has 0 aromatic rings. The summed E-state index contributed by atoms with van der Waals surface area (Å²) in [5.41, 5.74) is 0. The molecule has 0 aliphatic heterocycles. The van der Waals surface area contributed by atoms with Crippen molar-refractivity contribution < 1.29 is 9.84 Å². The summed E-state index contributed by atoms with van der Waals surface area (Å²) < 4.78 is 5.06. The molecule has 0 radical (unpaired) electrons. The van der Waals surface area contributed by atoms with Gasteiger partial charge < -0.3 is 9.84 Å². The molecule has 0 heterocycles. The molecule has 0 saturated heterocycles. The number of hydrogen-bond acceptors (Lipinski definition) is 4. The van der Waals surface area contributed by atoms with Crippen LogP contribution >= 0.6 is 23.5 Å². The third-order valence-electron chi connectivity index (χ3n) is 3.39. The molecule has 1 aliphatic rings. The summed E-state index contributed by atoms with van der Waals surface area (Å²) in [6, 6.07) is 0. The Hall–Kier alpha value is 0.620. The first kappa shape index (κ1) is 18.6. The lowest BCUT2D eigenvalue weighted by atomic mass is 9.75. The molecule has 0 aromatic heterocycles. The zero-order valence-corrected chi connectivity index (χ0v) is 14.1. The number of thioether (sulfide) groups is 2. The van der Waals surface area contributed by atoms with E-state index in [1.807, 2.05) is 12.5 Å². The minimum Gasteiger partial charge on any atom is -0.393 e. The highest BCUT2D eigenvalue weighted by atomic mass is 32.2. The van der Waals surface area contributed by atoms with E-state index in [1.54, 1.807) is 23.5 Å². The van der Waals surface area contributed by atoms with Crippen molar-refractivity contribution in [2.75, 3.05) is 24.4 Å². The van der Waals surface area contributed by atoms with Crippen molar-refractivity contribution in [2.24, 2.45) is 17.8 Å². The maximum absolute atomic E-state index is 9.71. The maximum Gasteiger partial charge on any atom is 0.0929 e. The SMILES string of the molecule is CC1CCC(C(C)C)C(O)C1.CSCOCSC. The number of aliphatic hydroxyl groups excluding tert-OH is 1. The van der Waals surface area contributed by atoms with E-state index in [1.165, 1.54) is 12.8 Å². The molecule has 3 unspecified atom stereocenters. The average Bonchev–Trinajstić information content (AvgIpc) is 2.30. The zero-order chi connectivity index (χ0) is 14.0. The van der Waals surface area contributed by atoms with E-state index in [0.29, 0.717) is 11.8 Å². The Labute approximate surface area is 122 Å². The molecule has 0 bridgehead atoms. The fourth-order valence-corrected chi connectivity index (χ4v) is 2.96. The molecule has 0 amide bonds. The third-order valence-corrected chi connectivity index (χ3v) is 4.19. The predicted octanol–water partition coefficient (Wildman–Crippen LogP) is 4.08. The van der Waals surface area contributed by atoms with Gasteiger partial charge in [0, 0.05) is 0 Å². The molecular weight excluding hydrogens is 264 g/mol. The summed E-state index contributed by atoms with van der Waals surface area (Å²) in [5, 5.41) is 9.71. The first-order valence-corrected chi connectivity index (χ1v) is 9.55. The second-order valence-corrected chi connectivity index (χ2v) is 7.04. The Bertz CT molecular complexity index is 185. The average molecular weight is 295 g/mol. The van der Waals surface area contributed by atoms with Gasteiger partial charge in [-0.05, 0) is 43.1 Å². The van der Waals surface area contributed by atoms with Crippen molar-refractivity contribution in [1.29, 1.82) is 0 Å². The second kappa shape index (κ2) is 11.4. The lowest BCUT2D eigenvalue weighted by Crippen LogP contribution is -2.31. The highest BCUT2D eigenvalue weighted by molar-refractivity contribution is 7.99. The van der Waals surface area contributed by atoms with Gasteiger partial charge in [-0.3, -0.25) is 0 Å². The Balaban J connectivity index is 0.000000360. The van der Waals surface area contributed by atoms with Crippen LogP contribution < -0.4 is 0 Å². The van der Waals surface area contributed by atoms with Crippen LogP contribution in [-0.2, 0) is 4.74 Å². The van der Waals surface area contributed by atoms with Crippen LogP contribution in [0.25, 0.3) is 0 Å². The van der Waals surface area contributed by atoms with Gasteiger partial charge in [0.25, 0.3) is 0 Å². The van der Waals surface area contributed by atoms with Gasteiger partial charge in [-0.2, -0.15) is 0 Å². The van der Waals surface area contributed by atoms with Crippen molar-refractivity contribution in [3.05, 3.63) is 0 Å². The first-order chi connectivity index (χ1) is 8.52. The first-order valence-electron chi connectivity index (χ1n) is 6.76. The van der Waals surface area contributed by atoms with E-state index in [0.717, 1.165) is 24.2 Å². The van der Waals surface area contributed by atoms with Crippen LogP contribution in [-0.4, -0.2) is 35.6 Å². The lowest BCUT2D eigenvalue weighted by Gasteiger charge is -2.33. The zero-order valence-electron chi connectivity index (χ0n) is 12.5. The van der Waals surface area contributed by atoms with Gasteiger partial charge in [0.15, 0.2) is 0 Å². The van der Waals surface area contributed by atoms with E-state index in [-0.39, 0.29) is 6.10 Å². The molecule has 1 aliphatic carbocycles. The second-order valence-electron chi connectivity index (χ2n) is 5.41. The highest BCUT2D eigenvalue weighted by Crippen LogP contribution is 2.33. The molecule has 4 heteroatoms. The van der Waals surface area contributed by atoms with Crippen LogP contribution in [0.4, 0.5) is 0 Å². The molecule has 110 valence electrons. The van der Waals surface area contributed by atoms with E-state index in [4.69, 9.17) is 4.74 Å². The summed E-state index contributed by atoms with van der Waals surface area (Å²) in [5.74, 6) is 3.59. The van der Waals surface area contributed by atoms with E-state index >= 15 is 0 Å². The van der Waals surface area contributed by atoms with Crippen molar-refractivity contribution in [3.63, 3.8) is 0 Å². The summed E-state index contributed by atoms with van der Waals surface area (Å²) in [6.07, 6.45) is 7.57. The van der Waals surface area contributed by atoms with Gasteiger partial charge in [-0.25, -0.2) is 0 Å². The monoisotopic (exact) mass is 294 g/mol. The van der Waals surface area contributed by atoms with Crippen molar-refractivity contribution >= 4 is 23.5 Å². The fraction of sp³-hybridized carbons (Fsp3) is 1.00. The standard InChI is InChI=1S/C10H20O.C4H10OS2/c1-7(2)9-5-4-8(3)6-10(9)11;1-6-3-5-4-7-2/h7-11H,4-6H2,1-3H3;3-4H2,1-2H3. The van der Waals surface area contributed by atoms with Crippen molar-refractivity contribution in [1.82, 2.24) is 0 Å².